The Bertz CT molecular complexity index is 965. The van der Waals surface area contributed by atoms with Crippen LogP contribution >= 0.6 is 0 Å². The molecule has 7 nitrogen and oxygen atoms in total. The van der Waals surface area contributed by atoms with E-state index in [4.69, 9.17) is 15.2 Å². The summed E-state index contributed by atoms with van der Waals surface area (Å²) in [7, 11) is 1.46. The number of ketones is 1. The summed E-state index contributed by atoms with van der Waals surface area (Å²) in [5.74, 6) is -0.359. The number of rotatable bonds is 5. The third-order valence-electron chi connectivity index (χ3n) is 4.04. The van der Waals surface area contributed by atoms with Gasteiger partial charge in [-0.1, -0.05) is 18.2 Å². The molecule has 0 aliphatic carbocycles. The average molecular weight is 366 g/mol. The van der Waals surface area contributed by atoms with E-state index in [1.165, 1.54) is 18.9 Å². The van der Waals surface area contributed by atoms with Gasteiger partial charge in [-0.05, 0) is 35.9 Å². The Labute approximate surface area is 156 Å². The summed E-state index contributed by atoms with van der Waals surface area (Å²) < 4.78 is 10.6. The maximum atomic E-state index is 12.7. The van der Waals surface area contributed by atoms with Gasteiger partial charge in [0, 0.05) is 12.5 Å². The fourth-order valence-electron chi connectivity index (χ4n) is 2.90. The van der Waals surface area contributed by atoms with Crippen LogP contribution in [-0.4, -0.2) is 31.3 Å². The predicted octanol–water partition coefficient (Wildman–Crippen LogP) is 2.15. The highest BCUT2D eigenvalue weighted by atomic mass is 16.5. The van der Waals surface area contributed by atoms with E-state index in [0.29, 0.717) is 28.3 Å². The van der Waals surface area contributed by atoms with Crippen LogP contribution in [0, 0.1) is 0 Å². The van der Waals surface area contributed by atoms with Gasteiger partial charge in [-0.2, -0.15) is 0 Å². The first-order chi connectivity index (χ1) is 12.9. The van der Waals surface area contributed by atoms with Gasteiger partial charge in [0.2, 0.25) is 11.7 Å². The first-order valence-electron chi connectivity index (χ1n) is 8.17. The number of primary amides is 1. The van der Waals surface area contributed by atoms with Crippen LogP contribution in [0.15, 0.2) is 48.2 Å². The van der Waals surface area contributed by atoms with Crippen molar-refractivity contribution in [3.05, 3.63) is 59.3 Å². The Morgan fingerprint density at radius 3 is 2.56 bits per heavy atom. The van der Waals surface area contributed by atoms with Crippen molar-refractivity contribution in [1.29, 1.82) is 0 Å². The highest BCUT2D eigenvalue weighted by Gasteiger charge is 2.34. The third-order valence-corrected chi connectivity index (χ3v) is 4.04. The number of benzene rings is 2. The van der Waals surface area contributed by atoms with Crippen LogP contribution in [0.3, 0.4) is 0 Å². The normalized spacial score (nSPS) is 14.2. The van der Waals surface area contributed by atoms with Gasteiger partial charge in [-0.25, -0.2) is 0 Å². The van der Waals surface area contributed by atoms with E-state index in [1.54, 1.807) is 48.5 Å². The maximum Gasteiger partial charge on any atom is 0.255 e. The molecule has 2 aromatic carbocycles. The lowest BCUT2D eigenvalue weighted by Crippen LogP contribution is -2.25. The Kier molecular flexibility index (Phi) is 4.94. The average Bonchev–Trinajstić information content (AvgIpc) is 2.93. The van der Waals surface area contributed by atoms with E-state index in [2.05, 4.69) is 0 Å². The van der Waals surface area contributed by atoms with Crippen molar-refractivity contribution in [3.63, 3.8) is 0 Å². The number of allylic oxidation sites excluding steroid dienone is 1. The van der Waals surface area contributed by atoms with Gasteiger partial charge in [0.25, 0.3) is 5.91 Å². The summed E-state index contributed by atoms with van der Waals surface area (Å²) in [6.45, 7) is 1.13. The molecule has 7 heteroatoms. The van der Waals surface area contributed by atoms with Crippen molar-refractivity contribution in [2.75, 3.05) is 18.6 Å². The largest absolute Gasteiger partial charge is 0.493 e. The minimum Gasteiger partial charge on any atom is -0.493 e. The highest BCUT2D eigenvalue weighted by molar-refractivity contribution is 6.26. The molecule has 0 spiro atoms. The summed E-state index contributed by atoms with van der Waals surface area (Å²) in [4.78, 5) is 37.1. The number of amides is 2. The second-order valence-corrected chi connectivity index (χ2v) is 5.90. The van der Waals surface area contributed by atoms with Crippen molar-refractivity contribution >= 4 is 29.4 Å². The zero-order valence-electron chi connectivity index (χ0n) is 14.9. The van der Waals surface area contributed by atoms with Crippen LogP contribution in [0.1, 0.15) is 22.8 Å². The third kappa shape index (κ3) is 3.52. The van der Waals surface area contributed by atoms with Gasteiger partial charge >= 0.3 is 0 Å². The number of fused-ring (bicyclic) bond motifs is 1. The van der Waals surface area contributed by atoms with Gasteiger partial charge < -0.3 is 15.2 Å². The van der Waals surface area contributed by atoms with Gasteiger partial charge in [0.15, 0.2) is 18.1 Å². The number of nitrogens with two attached hydrogens (primary N) is 1. The lowest BCUT2D eigenvalue weighted by molar-refractivity contribution is -0.120. The van der Waals surface area contributed by atoms with Crippen molar-refractivity contribution < 1.29 is 23.9 Å². The van der Waals surface area contributed by atoms with Gasteiger partial charge in [-0.15, -0.1) is 0 Å². The van der Waals surface area contributed by atoms with Crippen LogP contribution in [-0.2, 0) is 9.59 Å². The van der Waals surface area contributed by atoms with E-state index < -0.39 is 5.91 Å². The molecule has 2 aromatic rings. The van der Waals surface area contributed by atoms with Crippen LogP contribution in [0.2, 0.25) is 0 Å². The molecule has 138 valence electrons. The minimum atomic E-state index is -0.602. The number of carbonyl (C=O) groups excluding carboxylic acids is 3. The zero-order chi connectivity index (χ0) is 19.6. The summed E-state index contributed by atoms with van der Waals surface area (Å²) in [6.07, 6.45) is 1.62. The Balaban J connectivity index is 1.99. The number of Topliss-reactive ketones (excluding diaryl/α,β-unsaturated/α-hetero) is 1. The summed E-state index contributed by atoms with van der Waals surface area (Å²) in [6, 6.07) is 11.9. The van der Waals surface area contributed by atoms with E-state index in [9.17, 15) is 14.4 Å². The highest BCUT2D eigenvalue weighted by Crippen LogP contribution is 2.36. The van der Waals surface area contributed by atoms with Crippen LogP contribution < -0.4 is 20.1 Å². The Hall–Kier alpha value is -3.61. The molecule has 0 aromatic heterocycles. The fraction of sp³-hybridized carbons (Fsp3) is 0.150. The molecule has 2 N–H and O–H groups in total. The number of nitrogens with zero attached hydrogens (tertiary/aromatic N) is 1. The van der Waals surface area contributed by atoms with Crippen LogP contribution in [0.5, 0.6) is 11.5 Å². The SMILES string of the molecule is COc1cc(/C=C2\C(=O)c3ccccc3N2C(C)=O)ccc1OCC(N)=O. The molecule has 0 radical (unpaired) electrons. The van der Waals surface area contributed by atoms with E-state index in [-0.39, 0.29) is 24.0 Å². The van der Waals surface area contributed by atoms with Gasteiger partial charge in [-0.3, -0.25) is 19.3 Å². The molecule has 1 aliphatic rings. The number of anilines is 1. The van der Waals surface area contributed by atoms with Crippen molar-refractivity contribution in [1.82, 2.24) is 0 Å². The molecule has 0 saturated heterocycles. The molecule has 1 heterocycles. The van der Waals surface area contributed by atoms with Crippen molar-refractivity contribution in [2.24, 2.45) is 5.73 Å². The maximum absolute atomic E-state index is 12.7. The lowest BCUT2D eigenvalue weighted by atomic mass is 10.1. The Morgan fingerprint density at radius 1 is 1.15 bits per heavy atom. The molecule has 27 heavy (non-hydrogen) atoms. The monoisotopic (exact) mass is 366 g/mol. The fourth-order valence-corrected chi connectivity index (χ4v) is 2.90. The van der Waals surface area contributed by atoms with Crippen molar-refractivity contribution in [3.8, 4) is 11.5 Å². The first-order valence-corrected chi connectivity index (χ1v) is 8.17. The second kappa shape index (κ2) is 7.33. The molecule has 3 rings (SSSR count). The lowest BCUT2D eigenvalue weighted by Gasteiger charge is -2.16. The standard InChI is InChI=1S/C20H18N2O5/c1-12(23)22-15-6-4-3-5-14(15)20(25)16(22)9-13-7-8-17(18(10-13)26-2)27-11-19(21)24/h3-10H,11H2,1-2H3,(H2,21,24)/b16-9+. The number of hydrogen-bond acceptors (Lipinski definition) is 5. The van der Waals surface area contributed by atoms with E-state index in [0.717, 1.165) is 0 Å². The predicted molar refractivity (Wildman–Crippen MR) is 99.6 cm³/mol. The van der Waals surface area contributed by atoms with E-state index in [1.807, 2.05) is 0 Å². The smallest absolute Gasteiger partial charge is 0.255 e. The molecule has 0 unspecified atom stereocenters. The number of hydrogen-bond donors (Lipinski definition) is 1. The first kappa shape index (κ1) is 18.2. The minimum absolute atomic E-state index is 0.228. The molecule has 1 aliphatic heterocycles. The second-order valence-electron chi connectivity index (χ2n) is 5.90. The molecular weight excluding hydrogens is 348 g/mol. The number of methoxy groups -OCH3 is 1. The molecule has 0 bridgehead atoms. The van der Waals surface area contributed by atoms with Crippen LogP contribution in [0.4, 0.5) is 5.69 Å². The van der Waals surface area contributed by atoms with Gasteiger partial charge in [0.05, 0.1) is 18.5 Å². The quantitative estimate of drug-likeness (QED) is 0.818. The number of carbonyl (C=O) groups is 3. The topological polar surface area (TPSA) is 98.9 Å². The van der Waals surface area contributed by atoms with Gasteiger partial charge in [0.1, 0.15) is 0 Å². The molecule has 2 amide bonds. The molecule has 0 fully saturated rings. The Morgan fingerprint density at radius 2 is 1.89 bits per heavy atom. The summed E-state index contributed by atoms with van der Waals surface area (Å²) in [5, 5.41) is 0. The molecule has 0 saturated carbocycles. The zero-order valence-corrected chi connectivity index (χ0v) is 14.9. The van der Waals surface area contributed by atoms with Crippen LogP contribution in [0.25, 0.3) is 6.08 Å². The molecular formula is C20H18N2O5. The van der Waals surface area contributed by atoms with E-state index >= 15 is 0 Å². The van der Waals surface area contributed by atoms with Crippen molar-refractivity contribution in [2.45, 2.75) is 6.92 Å². The number of para-hydroxylation sites is 1. The molecule has 0 atom stereocenters. The summed E-state index contributed by atoms with van der Waals surface area (Å²) in [5.41, 5.74) is 7.03. The summed E-state index contributed by atoms with van der Waals surface area (Å²) >= 11 is 0. The number of ether oxygens (including phenoxy) is 2.